The summed E-state index contributed by atoms with van der Waals surface area (Å²) < 4.78 is 7.17. The van der Waals surface area contributed by atoms with Gasteiger partial charge in [0.25, 0.3) is 0 Å². The van der Waals surface area contributed by atoms with E-state index in [4.69, 9.17) is 16.3 Å². The van der Waals surface area contributed by atoms with Crippen molar-refractivity contribution in [2.45, 2.75) is 33.8 Å². The summed E-state index contributed by atoms with van der Waals surface area (Å²) in [5.74, 6) is 0.406. The fourth-order valence-corrected chi connectivity index (χ4v) is 1.54. The Morgan fingerprint density at radius 1 is 1.22 bits per heavy atom. The monoisotopic (exact) mass is 267 g/mol. The molecule has 0 bridgehead atoms. The van der Waals surface area contributed by atoms with Gasteiger partial charge in [0.1, 0.15) is 6.33 Å². The maximum absolute atomic E-state index is 5.87. The molecular weight excluding hydrogens is 254 g/mol. The number of aromatic nitrogens is 5. The van der Waals surface area contributed by atoms with Crippen molar-refractivity contribution in [2.75, 3.05) is 0 Å². The molecule has 0 fully saturated rings. The van der Waals surface area contributed by atoms with Gasteiger partial charge in [-0.1, -0.05) is 0 Å². The summed E-state index contributed by atoms with van der Waals surface area (Å²) in [4.78, 5) is 16.4. The number of rotatable bonds is 3. The first-order chi connectivity index (χ1) is 8.47. The molecule has 0 saturated heterocycles. The van der Waals surface area contributed by atoms with Crippen molar-refractivity contribution in [2.24, 2.45) is 0 Å². The zero-order valence-electron chi connectivity index (χ0n) is 10.7. The van der Waals surface area contributed by atoms with E-state index in [0.29, 0.717) is 5.95 Å². The minimum absolute atomic E-state index is 0.0260. The van der Waals surface area contributed by atoms with E-state index >= 15 is 0 Å². The largest absolute Gasteiger partial charge is 0.461 e. The van der Waals surface area contributed by atoms with Crippen LogP contribution in [0.25, 0.3) is 5.95 Å². The average molecular weight is 268 g/mol. The highest BCUT2D eigenvalue weighted by atomic mass is 35.5. The van der Waals surface area contributed by atoms with Gasteiger partial charge in [-0.2, -0.15) is 15.0 Å². The standard InChI is InChI=1S/C11H14ClN5O/c1-6(2)18-11-15-9(12)14-10(16-11)17-5-13-7(3)8(17)4/h5-6H,1-4H3. The number of ether oxygens (including phenoxy) is 1. The van der Waals surface area contributed by atoms with Gasteiger partial charge in [0, 0.05) is 5.69 Å². The summed E-state index contributed by atoms with van der Waals surface area (Å²) >= 11 is 5.87. The van der Waals surface area contributed by atoms with Crippen molar-refractivity contribution in [1.29, 1.82) is 0 Å². The zero-order chi connectivity index (χ0) is 13.3. The normalized spacial score (nSPS) is 11.0. The lowest BCUT2D eigenvalue weighted by Gasteiger charge is -2.09. The Morgan fingerprint density at radius 2 is 1.94 bits per heavy atom. The predicted octanol–water partition coefficient (Wildman–Crippen LogP) is 2.11. The molecule has 0 aliphatic carbocycles. The third kappa shape index (κ3) is 2.59. The van der Waals surface area contributed by atoms with Gasteiger partial charge in [0.2, 0.25) is 11.2 Å². The Balaban J connectivity index is 2.45. The van der Waals surface area contributed by atoms with Crippen molar-refractivity contribution in [1.82, 2.24) is 24.5 Å². The molecule has 0 radical (unpaired) electrons. The molecular formula is C11H14ClN5O. The molecule has 6 nitrogen and oxygen atoms in total. The van der Waals surface area contributed by atoms with Crippen LogP contribution in [0.4, 0.5) is 0 Å². The molecule has 0 saturated carbocycles. The quantitative estimate of drug-likeness (QED) is 0.852. The highest BCUT2D eigenvalue weighted by Crippen LogP contribution is 2.15. The van der Waals surface area contributed by atoms with Crippen molar-refractivity contribution < 1.29 is 4.74 Å². The van der Waals surface area contributed by atoms with Gasteiger partial charge < -0.3 is 4.74 Å². The molecule has 2 rings (SSSR count). The third-order valence-corrected chi connectivity index (χ3v) is 2.55. The lowest BCUT2D eigenvalue weighted by Crippen LogP contribution is -2.11. The minimum Gasteiger partial charge on any atom is -0.461 e. The van der Waals surface area contributed by atoms with Crippen LogP contribution in [0.1, 0.15) is 25.2 Å². The molecule has 0 aliphatic rings. The first-order valence-corrected chi connectivity index (χ1v) is 5.94. The molecule has 0 unspecified atom stereocenters. The summed E-state index contributed by atoms with van der Waals surface area (Å²) in [6.07, 6.45) is 1.62. The van der Waals surface area contributed by atoms with Gasteiger partial charge in [0.15, 0.2) is 0 Å². The summed E-state index contributed by atoms with van der Waals surface area (Å²) in [7, 11) is 0. The SMILES string of the molecule is Cc1ncn(-c2nc(Cl)nc(OC(C)C)n2)c1C. The summed E-state index contributed by atoms with van der Waals surface area (Å²) in [5.41, 5.74) is 1.87. The molecule has 0 atom stereocenters. The number of imidazole rings is 1. The Morgan fingerprint density at radius 3 is 2.50 bits per heavy atom. The molecule has 2 aromatic rings. The van der Waals surface area contributed by atoms with Crippen LogP contribution in [-0.4, -0.2) is 30.6 Å². The highest BCUT2D eigenvalue weighted by Gasteiger charge is 2.12. The van der Waals surface area contributed by atoms with Gasteiger partial charge in [-0.05, 0) is 39.3 Å². The zero-order valence-corrected chi connectivity index (χ0v) is 11.4. The van der Waals surface area contributed by atoms with E-state index in [1.54, 1.807) is 10.9 Å². The fourth-order valence-electron chi connectivity index (χ4n) is 1.39. The smallest absolute Gasteiger partial charge is 0.322 e. The van der Waals surface area contributed by atoms with E-state index in [2.05, 4.69) is 19.9 Å². The lowest BCUT2D eigenvalue weighted by molar-refractivity contribution is 0.221. The van der Waals surface area contributed by atoms with Gasteiger partial charge in [-0.15, -0.1) is 0 Å². The average Bonchev–Trinajstić information content (AvgIpc) is 2.58. The van der Waals surface area contributed by atoms with Crippen molar-refractivity contribution in [3.8, 4) is 12.0 Å². The molecule has 96 valence electrons. The molecule has 0 aliphatic heterocycles. The number of nitrogens with zero attached hydrogens (tertiary/aromatic N) is 5. The van der Waals surface area contributed by atoms with E-state index in [1.165, 1.54) is 0 Å². The predicted molar refractivity (Wildman–Crippen MR) is 67.2 cm³/mol. The summed E-state index contributed by atoms with van der Waals surface area (Å²) in [6.45, 7) is 7.64. The van der Waals surface area contributed by atoms with Gasteiger partial charge in [-0.25, -0.2) is 4.98 Å². The van der Waals surface area contributed by atoms with Crippen molar-refractivity contribution >= 4 is 11.6 Å². The van der Waals surface area contributed by atoms with Gasteiger partial charge >= 0.3 is 6.01 Å². The van der Waals surface area contributed by atoms with E-state index in [-0.39, 0.29) is 17.4 Å². The third-order valence-electron chi connectivity index (χ3n) is 2.38. The van der Waals surface area contributed by atoms with Crippen LogP contribution in [0.15, 0.2) is 6.33 Å². The minimum atomic E-state index is -0.0260. The van der Waals surface area contributed by atoms with Crippen LogP contribution in [0.5, 0.6) is 6.01 Å². The second-order valence-electron chi connectivity index (χ2n) is 4.14. The summed E-state index contributed by atoms with van der Waals surface area (Å²) in [6, 6.07) is 0.214. The van der Waals surface area contributed by atoms with Crippen LogP contribution in [0.3, 0.4) is 0 Å². The van der Waals surface area contributed by atoms with Crippen LogP contribution in [0.2, 0.25) is 5.28 Å². The molecule has 2 aromatic heterocycles. The Kier molecular flexibility index (Phi) is 3.47. The Bertz CT molecular complexity index is 567. The molecule has 0 N–H and O–H groups in total. The highest BCUT2D eigenvalue weighted by molar-refractivity contribution is 6.28. The van der Waals surface area contributed by atoms with Crippen molar-refractivity contribution in [3.63, 3.8) is 0 Å². The van der Waals surface area contributed by atoms with Gasteiger partial charge in [-0.3, -0.25) is 4.57 Å². The van der Waals surface area contributed by atoms with E-state index in [0.717, 1.165) is 11.4 Å². The molecule has 7 heteroatoms. The second kappa shape index (κ2) is 4.89. The van der Waals surface area contributed by atoms with Crippen LogP contribution < -0.4 is 4.74 Å². The van der Waals surface area contributed by atoms with Crippen LogP contribution in [0, 0.1) is 13.8 Å². The number of hydrogen-bond acceptors (Lipinski definition) is 5. The summed E-state index contributed by atoms with van der Waals surface area (Å²) in [5, 5.41) is 0.0985. The van der Waals surface area contributed by atoms with Gasteiger partial charge in [0.05, 0.1) is 11.8 Å². The first-order valence-electron chi connectivity index (χ1n) is 5.56. The van der Waals surface area contributed by atoms with E-state index < -0.39 is 0 Å². The molecule has 0 aromatic carbocycles. The maximum Gasteiger partial charge on any atom is 0.322 e. The number of hydrogen-bond donors (Lipinski definition) is 0. The molecule has 18 heavy (non-hydrogen) atoms. The Labute approximate surface area is 110 Å². The lowest BCUT2D eigenvalue weighted by atomic mass is 10.4. The van der Waals surface area contributed by atoms with Crippen LogP contribution >= 0.6 is 11.6 Å². The first kappa shape index (κ1) is 12.8. The Hall–Kier alpha value is -1.69. The maximum atomic E-state index is 5.87. The van der Waals surface area contributed by atoms with Crippen LogP contribution in [-0.2, 0) is 0 Å². The topological polar surface area (TPSA) is 65.7 Å². The number of halogens is 1. The fraction of sp³-hybridized carbons (Fsp3) is 0.455. The molecule has 0 spiro atoms. The van der Waals surface area contributed by atoms with E-state index in [1.807, 2.05) is 27.7 Å². The van der Waals surface area contributed by atoms with Crippen molar-refractivity contribution in [3.05, 3.63) is 23.0 Å². The van der Waals surface area contributed by atoms with E-state index in [9.17, 15) is 0 Å². The number of aryl methyl sites for hydroxylation is 1. The molecule has 0 amide bonds. The second-order valence-corrected chi connectivity index (χ2v) is 4.48. The molecule has 2 heterocycles.